The first kappa shape index (κ1) is 15.1. The largest absolute Gasteiger partial charge is 0.334 e. The molecule has 20 heavy (non-hydrogen) atoms. The predicted octanol–water partition coefficient (Wildman–Crippen LogP) is 3.71. The van der Waals surface area contributed by atoms with E-state index in [4.69, 9.17) is 0 Å². The highest BCUT2D eigenvalue weighted by atomic mass is 16.1. The first-order valence-corrected chi connectivity index (χ1v) is 7.96. The Kier molecular flexibility index (Phi) is 4.86. The van der Waals surface area contributed by atoms with Gasteiger partial charge in [-0.3, -0.25) is 4.79 Å². The van der Waals surface area contributed by atoms with E-state index in [-0.39, 0.29) is 5.91 Å². The highest BCUT2D eigenvalue weighted by Crippen LogP contribution is 2.32. The zero-order valence-corrected chi connectivity index (χ0v) is 12.7. The third-order valence-corrected chi connectivity index (χ3v) is 4.83. The van der Waals surface area contributed by atoms with Gasteiger partial charge in [-0.1, -0.05) is 25.8 Å². The van der Waals surface area contributed by atoms with Gasteiger partial charge in [0.2, 0.25) is 5.91 Å². The predicted molar refractivity (Wildman–Crippen MR) is 79.8 cm³/mol. The standard InChI is InChI=1S/C17H26N2O/c1-13-5-7-15(8-6-13)10-16(20)19-17(12-18)9-3-4-14(2)11-17/h10,13-14H,3-9,11H2,1-2H3,(H,19,20)/t13?,14-,17-/m0/s1. The molecule has 2 fully saturated rings. The van der Waals surface area contributed by atoms with Crippen molar-refractivity contribution in [1.29, 1.82) is 5.26 Å². The highest BCUT2D eigenvalue weighted by molar-refractivity contribution is 5.89. The molecule has 0 aromatic heterocycles. The molecule has 2 rings (SSSR count). The average Bonchev–Trinajstić information content (AvgIpc) is 2.41. The molecule has 0 spiro atoms. The summed E-state index contributed by atoms with van der Waals surface area (Å²) in [6.45, 7) is 4.43. The molecule has 0 radical (unpaired) electrons. The number of nitrogens with one attached hydrogen (secondary N) is 1. The normalized spacial score (nSPS) is 34.1. The molecule has 2 atom stereocenters. The van der Waals surface area contributed by atoms with Crippen LogP contribution in [0.1, 0.15) is 65.2 Å². The van der Waals surface area contributed by atoms with Gasteiger partial charge in [0.15, 0.2) is 0 Å². The van der Waals surface area contributed by atoms with Gasteiger partial charge in [0, 0.05) is 6.08 Å². The van der Waals surface area contributed by atoms with Gasteiger partial charge in [-0.15, -0.1) is 0 Å². The fourth-order valence-corrected chi connectivity index (χ4v) is 3.53. The van der Waals surface area contributed by atoms with Crippen LogP contribution in [0.2, 0.25) is 0 Å². The topological polar surface area (TPSA) is 52.9 Å². The SMILES string of the molecule is CC1CCC(=CC(=O)N[C@@]2(C#N)CCC[C@H](C)C2)CC1. The number of rotatable bonds is 2. The van der Waals surface area contributed by atoms with Gasteiger partial charge < -0.3 is 5.32 Å². The molecule has 0 unspecified atom stereocenters. The van der Waals surface area contributed by atoms with Crippen molar-refractivity contribution in [2.45, 2.75) is 70.8 Å². The van der Waals surface area contributed by atoms with E-state index in [1.807, 2.05) is 0 Å². The zero-order chi connectivity index (χ0) is 14.6. The second kappa shape index (κ2) is 6.43. The summed E-state index contributed by atoms with van der Waals surface area (Å²) < 4.78 is 0. The van der Waals surface area contributed by atoms with Crippen molar-refractivity contribution >= 4 is 5.91 Å². The summed E-state index contributed by atoms with van der Waals surface area (Å²) >= 11 is 0. The minimum atomic E-state index is -0.631. The molecule has 1 amide bonds. The van der Waals surface area contributed by atoms with Gasteiger partial charge >= 0.3 is 0 Å². The van der Waals surface area contributed by atoms with E-state index in [0.717, 1.165) is 44.4 Å². The fourth-order valence-electron chi connectivity index (χ4n) is 3.53. The molecule has 3 nitrogen and oxygen atoms in total. The summed E-state index contributed by atoms with van der Waals surface area (Å²) in [7, 11) is 0. The number of hydrogen-bond donors (Lipinski definition) is 1. The lowest BCUT2D eigenvalue weighted by Gasteiger charge is -2.34. The number of carbonyl (C=O) groups is 1. The first-order valence-electron chi connectivity index (χ1n) is 7.96. The van der Waals surface area contributed by atoms with Crippen LogP contribution in [0.25, 0.3) is 0 Å². The van der Waals surface area contributed by atoms with Gasteiger partial charge in [-0.05, 0) is 56.8 Å². The number of amides is 1. The van der Waals surface area contributed by atoms with Crippen molar-refractivity contribution in [2.75, 3.05) is 0 Å². The zero-order valence-electron chi connectivity index (χ0n) is 12.7. The van der Waals surface area contributed by atoms with Crippen molar-refractivity contribution < 1.29 is 4.79 Å². The fraction of sp³-hybridized carbons (Fsp3) is 0.765. The third-order valence-electron chi connectivity index (χ3n) is 4.83. The summed E-state index contributed by atoms with van der Waals surface area (Å²) in [6.07, 6.45) is 9.95. The molecule has 0 aromatic carbocycles. The van der Waals surface area contributed by atoms with Crippen LogP contribution >= 0.6 is 0 Å². The first-order chi connectivity index (χ1) is 9.53. The molecule has 0 heterocycles. The summed E-state index contributed by atoms with van der Waals surface area (Å²) in [4.78, 5) is 12.2. The number of hydrogen-bond acceptors (Lipinski definition) is 2. The maximum atomic E-state index is 12.2. The van der Waals surface area contributed by atoms with Crippen LogP contribution in [0.15, 0.2) is 11.6 Å². The quantitative estimate of drug-likeness (QED) is 0.780. The Morgan fingerprint density at radius 2 is 2.00 bits per heavy atom. The minimum absolute atomic E-state index is 0.0646. The molecule has 2 aliphatic carbocycles. The van der Waals surface area contributed by atoms with Crippen molar-refractivity contribution in [1.82, 2.24) is 5.32 Å². The van der Waals surface area contributed by atoms with Crippen molar-refractivity contribution in [3.05, 3.63) is 11.6 Å². The van der Waals surface area contributed by atoms with Gasteiger partial charge in [-0.2, -0.15) is 5.26 Å². The van der Waals surface area contributed by atoms with Crippen molar-refractivity contribution in [3.8, 4) is 6.07 Å². The molecule has 0 aromatic rings. The van der Waals surface area contributed by atoms with E-state index in [1.165, 1.54) is 18.4 Å². The Balaban J connectivity index is 1.96. The van der Waals surface area contributed by atoms with Crippen molar-refractivity contribution in [3.63, 3.8) is 0 Å². The van der Waals surface area contributed by atoms with Gasteiger partial charge in [0.25, 0.3) is 0 Å². The molecule has 2 saturated carbocycles. The van der Waals surface area contributed by atoms with Crippen LogP contribution in [-0.2, 0) is 4.79 Å². The van der Waals surface area contributed by atoms with Crippen LogP contribution in [0, 0.1) is 23.2 Å². The highest BCUT2D eigenvalue weighted by Gasteiger charge is 2.36. The molecule has 0 saturated heterocycles. The maximum absolute atomic E-state index is 12.2. The lowest BCUT2D eigenvalue weighted by Crippen LogP contribution is -2.49. The summed E-state index contributed by atoms with van der Waals surface area (Å²) in [5, 5.41) is 12.5. The molecule has 3 heteroatoms. The van der Waals surface area contributed by atoms with E-state index in [0.29, 0.717) is 5.92 Å². The summed E-state index contributed by atoms with van der Waals surface area (Å²) in [5.41, 5.74) is 0.617. The van der Waals surface area contributed by atoms with E-state index in [2.05, 4.69) is 25.2 Å². The van der Waals surface area contributed by atoms with E-state index >= 15 is 0 Å². The van der Waals surface area contributed by atoms with E-state index in [9.17, 15) is 10.1 Å². The smallest absolute Gasteiger partial charge is 0.245 e. The molecular formula is C17H26N2O. The van der Waals surface area contributed by atoms with Crippen LogP contribution in [-0.4, -0.2) is 11.4 Å². The summed E-state index contributed by atoms with van der Waals surface area (Å²) in [5.74, 6) is 1.23. The number of nitrogens with zero attached hydrogens (tertiary/aromatic N) is 1. The molecule has 110 valence electrons. The Hall–Kier alpha value is -1.30. The minimum Gasteiger partial charge on any atom is -0.334 e. The molecule has 1 N–H and O–H groups in total. The van der Waals surface area contributed by atoms with Gasteiger partial charge in [0.1, 0.15) is 5.54 Å². The second-order valence-corrected chi connectivity index (χ2v) is 6.87. The van der Waals surface area contributed by atoms with Crippen molar-refractivity contribution in [2.24, 2.45) is 11.8 Å². The van der Waals surface area contributed by atoms with Gasteiger partial charge in [-0.25, -0.2) is 0 Å². The lowest BCUT2D eigenvalue weighted by molar-refractivity contribution is -0.118. The molecule has 2 aliphatic rings. The molecular weight excluding hydrogens is 248 g/mol. The Bertz CT molecular complexity index is 425. The Morgan fingerprint density at radius 3 is 2.60 bits per heavy atom. The van der Waals surface area contributed by atoms with Crippen LogP contribution in [0.5, 0.6) is 0 Å². The monoisotopic (exact) mass is 274 g/mol. The van der Waals surface area contributed by atoms with E-state index in [1.54, 1.807) is 6.08 Å². The average molecular weight is 274 g/mol. The Labute approximate surface area is 122 Å². The molecule has 0 bridgehead atoms. The van der Waals surface area contributed by atoms with Crippen LogP contribution < -0.4 is 5.32 Å². The Morgan fingerprint density at radius 1 is 1.30 bits per heavy atom. The van der Waals surface area contributed by atoms with Gasteiger partial charge in [0.05, 0.1) is 6.07 Å². The lowest BCUT2D eigenvalue weighted by atomic mass is 9.77. The molecule has 0 aliphatic heterocycles. The van der Waals surface area contributed by atoms with Crippen LogP contribution in [0.3, 0.4) is 0 Å². The van der Waals surface area contributed by atoms with E-state index < -0.39 is 5.54 Å². The maximum Gasteiger partial charge on any atom is 0.245 e. The second-order valence-electron chi connectivity index (χ2n) is 6.87. The van der Waals surface area contributed by atoms with Crippen LogP contribution in [0.4, 0.5) is 0 Å². The number of allylic oxidation sites excluding steroid dienone is 1. The number of nitriles is 1. The number of carbonyl (C=O) groups excluding carboxylic acids is 1. The third kappa shape index (κ3) is 3.85. The summed E-state index contributed by atoms with van der Waals surface area (Å²) in [6, 6.07) is 2.36.